The van der Waals surface area contributed by atoms with E-state index in [2.05, 4.69) is 0 Å². The summed E-state index contributed by atoms with van der Waals surface area (Å²) in [4.78, 5) is 12.8. The smallest absolute Gasteiger partial charge is 0.210 e. The van der Waals surface area contributed by atoms with Crippen molar-refractivity contribution < 1.29 is 24.1 Å². The zero-order chi connectivity index (χ0) is 15.6. The highest BCUT2D eigenvalue weighted by atomic mass is 16.5. The Kier molecular flexibility index (Phi) is 4.57. The highest BCUT2D eigenvalue weighted by Gasteiger charge is 2.34. The van der Waals surface area contributed by atoms with Crippen LogP contribution < -0.4 is 14.2 Å². The van der Waals surface area contributed by atoms with E-state index in [1.54, 1.807) is 26.2 Å². The molecule has 1 atom stereocenters. The van der Waals surface area contributed by atoms with Crippen molar-refractivity contribution >= 4 is 6.41 Å². The van der Waals surface area contributed by atoms with Crippen molar-refractivity contribution in [3.05, 3.63) is 16.7 Å². The van der Waals surface area contributed by atoms with Gasteiger partial charge in [0.15, 0.2) is 11.5 Å². The predicted molar refractivity (Wildman–Crippen MR) is 77.1 cm³/mol. The molecule has 1 aromatic carbocycles. The summed E-state index contributed by atoms with van der Waals surface area (Å²) < 4.78 is 16.5. The molecule has 1 aromatic rings. The first-order chi connectivity index (χ1) is 10.1. The second kappa shape index (κ2) is 6.22. The van der Waals surface area contributed by atoms with Crippen LogP contribution in [0.1, 0.15) is 22.7 Å². The van der Waals surface area contributed by atoms with Crippen LogP contribution in [0.3, 0.4) is 0 Å². The Balaban J connectivity index is 2.78. The molecule has 1 unspecified atom stereocenters. The third-order valence-corrected chi connectivity index (χ3v) is 4.01. The lowest BCUT2D eigenvalue weighted by atomic mass is 9.89. The van der Waals surface area contributed by atoms with Crippen molar-refractivity contribution in [3.8, 4) is 17.2 Å². The maximum Gasteiger partial charge on any atom is 0.210 e. The summed E-state index contributed by atoms with van der Waals surface area (Å²) in [5.41, 5.74) is 2.58. The Hall–Kier alpha value is -1.95. The monoisotopic (exact) mass is 295 g/mol. The number of benzene rings is 1. The van der Waals surface area contributed by atoms with Gasteiger partial charge in [0, 0.05) is 23.2 Å². The Bertz CT molecular complexity index is 518. The topological polar surface area (TPSA) is 68.2 Å². The fourth-order valence-electron chi connectivity index (χ4n) is 3.09. The van der Waals surface area contributed by atoms with Gasteiger partial charge in [-0.05, 0) is 13.3 Å². The summed E-state index contributed by atoms with van der Waals surface area (Å²) in [6, 6.07) is -0.454. The molecule has 1 amide bonds. The van der Waals surface area contributed by atoms with Gasteiger partial charge in [-0.2, -0.15) is 0 Å². The summed E-state index contributed by atoms with van der Waals surface area (Å²) in [6.45, 7) is 2.25. The van der Waals surface area contributed by atoms with E-state index in [0.29, 0.717) is 24.5 Å². The van der Waals surface area contributed by atoms with E-state index in [0.717, 1.165) is 28.8 Å². The van der Waals surface area contributed by atoms with Crippen LogP contribution in [0.25, 0.3) is 0 Å². The molecule has 0 aromatic heterocycles. The minimum Gasteiger partial charge on any atom is -0.496 e. The normalized spacial score (nSPS) is 17.2. The Morgan fingerprint density at radius 3 is 2.29 bits per heavy atom. The van der Waals surface area contributed by atoms with Gasteiger partial charge < -0.3 is 24.2 Å². The van der Waals surface area contributed by atoms with Gasteiger partial charge in [-0.3, -0.25) is 4.79 Å². The summed E-state index contributed by atoms with van der Waals surface area (Å²) >= 11 is 0. The zero-order valence-corrected chi connectivity index (χ0v) is 12.8. The van der Waals surface area contributed by atoms with Gasteiger partial charge in [-0.1, -0.05) is 0 Å². The van der Waals surface area contributed by atoms with Gasteiger partial charge in [0.25, 0.3) is 0 Å². The number of nitrogens with zero attached hydrogens (tertiary/aromatic N) is 1. The molecule has 0 spiro atoms. The molecule has 6 nitrogen and oxygen atoms in total. The fraction of sp³-hybridized carbons (Fsp3) is 0.533. The van der Waals surface area contributed by atoms with Crippen LogP contribution in [0, 0.1) is 6.92 Å². The summed E-state index contributed by atoms with van der Waals surface area (Å²) in [5.74, 6) is 1.85. The first-order valence-electron chi connectivity index (χ1n) is 6.77. The van der Waals surface area contributed by atoms with Gasteiger partial charge in [-0.15, -0.1) is 0 Å². The maximum atomic E-state index is 11.2. The fourth-order valence-corrected chi connectivity index (χ4v) is 3.09. The molecule has 0 aliphatic carbocycles. The van der Waals surface area contributed by atoms with E-state index in [4.69, 9.17) is 14.2 Å². The number of amides is 1. The van der Waals surface area contributed by atoms with Crippen LogP contribution in [0.4, 0.5) is 0 Å². The van der Waals surface area contributed by atoms with Gasteiger partial charge in [0.05, 0.1) is 34.0 Å². The number of fused-ring (bicyclic) bond motifs is 1. The lowest BCUT2D eigenvalue weighted by Gasteiger charge is -2.36. The van der Waals surface area contributed by atoms with Gasteiger partial charge >= 0.3 is 0 Å². The third-order valence-electron chi connectivity index (χ3n) is 4.01. The largest absolute Gasteiger partial charge is 0.496 e. The molecule has 6 heteroatoms. The summed E-state index contributed by atoms with van der Waals surface area (Å²) in [6.07, 6.45) is 1.40. The van der Waals surface area contributed by atoms with Crippen LogP contribution >= 0.6 is 0 Å². The Labute approximate surface area is 124 Å². The summed E-state index contributed by atoms with van der Waals surface area (Å²) in [7, 11) is 4.72. The average Bonchev–Trinajstić information content (AvgIpc) is 2.52. The van der Waals surface area contributed by atoms with E-state index in [9.17, 15) is 9.90 Å². The standard InChI is InChI=1S/C15H21NO5/c1-9-13(19-2)10-5-6-16(8-18)11(7-17)12(10)15(21-4)14(9)20-3/h8,11,17H,5-7H2,1-4H3. The molecule has 0 radical (unpaired) electrons. The number of hydrogen-bond acceptors (Lipinski definition) is 5. The third kappa shape index (κ3) is 2.29. The number of rotatable bonds is 5. The van der Waals surface area contributed by atoms with Crippen LogP contribution in [-0.2, 0) is 11.2 Å². The quantitative estimate of drug-likeness (QED) is 0.823. The molecule has 1 N–H and O–H groups in total. The molecular weight excluding hydrogens is 274 g/mol. The molecular formula is C15H21NO5. The van der Waals surface area contributed by atoms with Crippen molar-refractivity contribution in [1.29, 1.82) is 0 Å². The van der Waals surface area contributed by atoms with Crippen molar-refractivity contribution in [2.45, 2.75) is 19.4 Å². The van der Waals surface area contributed by atoms with Crippen molar-refractivity contribution in [2.75, 3.05) is 34.5 Å². The SMILES string of the molecule is COc1c(C)c(OC)c(OC)c2c1CCN(C=O)C2CO. The number of aliphatic hydroxyl groups is 1. The molecule has 1 aliphatic heterocycles. The van der Waals surface area contributed by atoms with Crippen molar-refractivity contribution in [1.82, 2.24) is 4.90 Å². The number of methoxy groups -OCH3 is 3. The van der Waals surface area contributed by atoms with E-state index in [-0.39, 0.29) is 6.61 Å². The maximum absolute atomic E-state index is 11.2. The molecule has 0 bridgehead atoms. The van der Waals surface area contributed by atoms with Crippen LogP contribution in [-0.4, -0.2) is 50.9 Å². The number of ether oxygens (including phenoxy) is 3. The molecule has 2 rings (SSSR count). The minimum atomic E-state index is -0.454. The van der Waals surface area contributed by atoms with E-state index in [1.165, 1.54) is 0 Å². The van der Waals surface area contributed by atoms with E-state index in [1.807, 2.05) is 6.92 Å². The first-order valence-corrected chi connectivity index (χ1v) is 6.77. The average molecular weight is 295 g/mol. The van der Waals surface area contributed by atoms with Gasteiger partial charge in [0.2, 0.25) is 6.41 Å². The van der Waals surface area contributed by atoms with Gasteiger partial charge in [0.1, 0.15) is 5.75 Å². The zero-order valence-electron chi connectivity index (χ0n) is 12.8. The highest BCUT2D eigenvalue weighted by Crippen LogP contribution is 2.48. The predicted octanol–water partition coefficient (Wildman–Crippen LogP) is 1.07. The molecule has 21 heavy (non-hydrogen) atoms. The summed E-state index contributed by atoms with van der Waals surface area (Å²) in [5, 5.41) is 9.72. The Morgan fingerprint density at radius 1 is 1.19 bits per heavy atom. The molecule has 1 aliphatic rings. The van der Waals surface area contributed by atoms with Crippen molar-refractivity contribution in [2.24, 2.45) is 0 Å². The van der Waals surface area contributed by atoms with Crippen LogP contribution in [0.15, 0.2) is 0 Å². The van der Waals surface area contributed by atoms with E-state index >= 15 is 0 Å². The minimum absolute atomic E-state index is 0.183. The Morgan fingerprint density at radius 2 is 1.81 bits per heavy atom. The molecule has 0 saturated carbocycles. The molecule has 0 fully saturated rings. The second-order valence-electron chi connectivity index (χ2n) is 4.91. The lowest BCUT2D eigenvalue weighted by Crippen LogP contribution is -2.37. The molecule has 0 saturated heterocycles. The number of hydrogen-bond donors (Lipinski definition) is 1. The molecule has 116 valence electrons. The number of carbonyl (C=O) groups is 1. The van der Waals surface area contributed by atoms with Gasteiger partial charge in [-0.25, -0.2) is 0 Å². The van der Waals surface area contributed by atoms with Crippen LogP contribution in [0.5, 0.6) is 17.2 Å². The molecule has 1 heterocycles. The first kappa shape index (κ1) is 15.4. The highest BCUT2D eigenvalue weighted by molar-refractivity contribution is 5.66. The number of carbonyl (C=O) groups excluding carboxylic acids is 1. The number of aliphatic hydroxyl groups excluding tert-OH is 1. The van der Waals surface area contributed by atoms with Crippen LogP contribution in [0.2, 0.25) is 0 Å². The second-order valence-corrected chi connectivity index (χ2v) is 4.91. The van der Waals surface area contributed by atoms with Crippen molar-refractivity contribution in [3.63, 3.8) is 0 Å². The van der Waals surface area contributed by atoms with E-state index < -0.39 is 6.04 Å². The lowest BCUT2D eigenvalue weighted by molar-refractivity contribution is -0.121.